The molecule has 0 aliphatic rings. The van der Waals surface area contributed by atoms with Gasteiger partial charge in [-0.3, -0.25) is 0 Å². The first kappa shape index (κ1) is 10.6. The van der Waals surface area contributed by atoms with Crippen LogP contribution in [0.25, 0.3) is 0 Å². The Morgan fingerprint density at radius 1 is 1.57 bits per heavy atom. The van der Waals surface area contributed by atoms with Crippen molar-refractivity contribution in [3.63, 3.8) is 0 Å². The molecular formula is C9H16N4O. The number of hydrogen-bond acceptors (Lipinski definition) is 2. The topological polar surface area (TPSA) is 64.2 Å². The molecule has 0 unspecified atom stereocenters. The SMILES string of the molecule is CCCCCN(C(N)=O)n1cccn1. The van der Waals surface area contributed by atoms with E-state index in [1.807, 2.05) is 0 Å². The molecular weight excluding hydrogens is 180 g/mol. The second-order valence-corrected chi connectivity index (χ2v) is 3.09. The molecule has 0 atom stereocenters. The van der Waals surface area contributed by atoms with Crippen LogP contribution in [0.15, 0.2) is 18.5 Å². The van der Waals surface area contributed by atoms with Gasteiger partial charge in [-0.15, -0.1) is 0 Å². The van der Waals surface area contributed by atoms with Crippen molar-refractivity contribution in [2.24, 2.45) is 5.73 Å². The summed E-state index contributed by atoms with van der Waals surface area (Å²) in [6, 6.07) is 1.29. The molecule has 0 aromatic carbocycles. The summed E-state index contributed by atoms with van der Waals surface area (Å²) in [6.07, 6.45) is 6.47. The minimum Gasteiger partial charge on any atom is -0.350 e. The van der Waals surface area contributed by atoms with Crippen LogP contribution in [0.4, 0.5) is 4.79 Å². The van der Waals surface area contributed by atoms with Gasteiger partial charge in [0.05, 0.1) is 6.20 Å². The maximum absolute atomic E-state index is 11.1. The third kappa shape index (κ3) is 2.76. The first-order valence-electron chi connectivity index (χ1n) is 4.82. The number of carbonyl (C=O) groups excluding carboxylic acids is 1. The summed E-state index contributed by atoms with van der Waals surface area (Å²) in [6.45, 7) is 2.73. The maximum Gasteiger partial charge on any atom is 0.335 e. The number of nitrogens with zero attached hydrogens (tertiary/aromatic N) is 3. The average molecular weight is 196 g/mol. The highest BCUT2D eigenvalue weighted by molar-refractivity contribution is 5.82. The lowest BCUT2D eigenvalue weighted by Crippen LogP contribution is -2.45. The van der Waals surface area contributed by atoms with Gasteiger partial charge in [-0.2, -0.15) is 9.89 Å². The number of urea groups is 1. The van der Waals surface area contributed by atoms with Crippen LogP contribution in [0.5, 0.6) is 0 Å². The average Bonchev–Trinajstić information content (AvgIpc) is 2.64. The normalized spacial score (nSPS) is 10.1. The molecule has 0 bridgehead atoms. The van der Waals surface area contributed by atoms with E-state index in [1.165, 1.54) is 9.80 Å². The van der Waals surface area contributed by atoms with Gasteiger partial charge in [-0.05, 0) is 12.5 Å². The lowest BCUT2D eigenvalue weighted by Gasteiger charge is -2.19. The zero-order valence-corrected chi connectivity index (χ0v) is 8.39. The predicted molar refractivity (Wildman–Crippen MR) is 54.4 cm³/mol. The Labute approximate surface area is 83.5 Å². The van der Waals surface area contributed by atoms with Gasteiger partial charge in [0.1, 0.15) is 0 Å². The zero-order chi connectivity index (χ0) is 10.4. The minimum atomic E-state index is -0.468. The lowest BCUT2D eigenvalue weighted by atomic mass is 10.2. The molecule has 0 saturated carbocycles. The van der Waals surface area contributed by atoms with Crippen LogP contribution >= 0.6 is 0 Å². The molecule has 0 radical (unpaired) electrons. The first-order chi connectivity index (χ1) is 6.75. The number of amides is 2. The van der Waals surface area contributed by atoms with Crippen molar-refractivity contribution in [2.75, 3.05) is 11.6 Å². The molecule has 5 nitrogen and oxygen atoms in total. The van der Waals surface area contributed by atoms with Crippen molar-refractivity contribution >= 4 is 6.03 Å². The molecule has 1 aromatic heterocycles. The third-order valence-corrected chi connectivity index (χ3v) is 1.97. The van der Waals surface area contributed by atoms with Crippen molar-refractivity contribution in [1.29, 1.82) is 0 Å². The van der Waals surface area contributed by atoms with Crippen molar-refractivity contribution in [2.45, 2.75) is 26.2 Å². The van der Waals surface area contributed by atoms with E-state index in [0.717, 1.165) is 19.3 Å². The van der Waals surface area contributed by atoms with Gasteiger partial charge < -0.3 is 5.73 Å². The van der Waals surface area contributed by atoms with Gasteiger partial charge in [0.25, 0.3) is 0 Å². The summed E-state index contributed by atoms with van der Waals surface area (Å²) in [7, 11) is 0. The number of nitrogens with two attached hydrogens (primary N) is 1. The summed E-state index contributed by atoms with van der Waals surface area (Å²) < 4.78 is 0. The first-order valence-corrected chi connectivity index (χ1v) is 4.82. The van der Waals surface area contributed by atoms with E-state index in [-0.39, 0.29) is 0 Å². The van der Waals surface area contributed by atoms with Gasteiger partial charge in [0.2, 0.25) is 0 Å². The maximum atomic E-state index is 11.1. The molecule has 1 aromatic rings. The molecule has 0 saturated heterocycles. The van der Waals surface area contributed by atoms with Crippen LogP contribution in [-0.2, 0) is 0 Å². The Hall–Kier alpha value is -1.52. The fraction of sp³-hybridized carbons (Fsp3) is 0.556. The van der Waals surface area contributed by atoms with E-state index in [1.54, 1.807) is 18.5 Å². The number of carbonyl (C=O) groups is 1. The molecule has 2 amide bonds. The van der Waals surface area contributed by atoms with Gasteiger partial charge in [0.15, 0.2) is 0 Å². The molecule has 5 heteroatoms. The molecule has 0 spiro atoms. The van der Waals surface area contributed by atoms with Crippen LogP contribution < -0.4 is 10.7 Å². The van der Waals surface area contributed by atoms with Crippen molar-refractivity contribution in [1.82, 2.24) is 9.89 Å². The Balaban J connectivity index is 2.52. The summed E-state index contributed by atoms with van der Waals surface area (Å²) in [5, 5.41) is 5.38. The minimum absolute atomic E-state index is 0.468. The zero-order valence-electron chi connectivity index (χ0n) is 8.39. The molecule has 0 aliphatic heterocycles. The summed E-state index contributed by atoms with van der Waals surface area (Å²) in [4.78, 5) is 12.5. The number of hydrogen-bond donors (Lipinski definition) is 1. The Morgan fingerprint density at radius 3 is 2.86 bits per heavy atom. The molecule has 0 aliphatic carbocycles. The molecule has 0 fully saturated rings. The van der Waals surface area contributed by atoms with Gasteiger partial charge in [-0.25, -0.2) is 9.80 Å². The molecule has 2 N–H and O–H groups in total. The lowest BCUT2D eigenvalue weighted by molar-refractivity contribution is 0.247. The highest BCUT2D eigenvalue weighted by Gasteiger charge is 2.10. The fourth-order valence-electron chi connectivity index (χ4n) is 1.23. The Kier molecular flexibility index (Phi) is 3.97. The van der Waals surface area contributed by atoms with Gasteiger partial charge >= 0.3 is 6.03 Å². The monoisotopic (exact) mass is 196 g/mol. The quantitative estimate of drug-likeness (QED) is 0.716. The van der Waals surface area contributed by atoms with Crippen LogP contribution in [-0.4, -0.2) is 22.5 Å². The highest BCUT2D eigenvalue weighted by atomic mass is 16.2. The smallest absolute Gasteiger partial charge is 0.335 e. The standard InChI is InChI=1S/C9H16N4O/c1-2-3-4-7-12(9(10)14)13-8-5-6-11-13/h5-6,8H,2-4,7H2,1H3,(H2,10,14). The van der Waals surface area contributed by atoms with E-state index < -0.39 is 6.03 Å². The summed E-state index contributed by atoms with van der Waals surface area (Å²) in [5.74, 6) is 0. The number of rotatable bonds is 5. The third-order valence-electron chi connectivity index (χ3n) is 1.97. The predicted octanol–water partition coefficient (Wildman–Crippen LogP) is 1.09. The van der Waals surface area contributed by atoms with Gasteiger partial charge in [-0.1, -0.05) is 19.8 Å². The van der Waals surface area contributed by atoms with E-state index in [2.05, 4.69) is 12.0 Å². The van der Waals surface area contributed by atoms with Gasteiger partial charge in [0, 0.05) is 12.7 Å². The second kappa shape index (κ2) is 5.26. The van der Waals surface area contributed by atoms with Crippen molar-refractivity contribution in [3.05, 3.63) is 18.5 Å². The van der Waals surface area contributed by atoms with E-state index in [0.29, 0.717) is 6.54 Å². The molecule has 1 heterocycles. The number of unbranched alkanes of at least 4 members (excludes halogenated alkanes) is 2. The number of primary amides is 1. The largest absolute Gasteiger partial charge is 0.350 e. The van der Waals surface area contributed by atoms with Crippen LogP contribution in [0.2, 0.25) is 0 Å². The molecule has 78 valence electrons. The Bertz CT molecular complexity index is 270. The van der Waals surface area contributed by atoms with Crippen LogP contribution in [0.3, 0.4) is 0 Å². The highest BCUT2D eigenvalue weighted by Crippen LogP contribution is 1.97. The van der Waals surface area contributed by atoms with E-state index in [9.17, 15) is 4.79 Å². The molecule has 1 rings (SSSR count). The van der Waals surface area contributed by atoms with Crippen molar-refractivity contribution in [3.8, 4) is 0 Å². The van der Waals surface area contributed by atoms with Crippen LogP contribution in [0.1, 0.15) is 26.2 Å². The summed E-state index contributed by atoms with van der Waals surface area (Å²) >= 11 is 0. The van der Waals surface area contributed by atoms with Crippen molar-refractivity contribution < 1.29 is 4.79 Å². The van der Waals surface area contributed by atoms with Crippen LogP contribution in [0, 0.1) is 0 Å². The fourth-order valence-corrected chi connectivity index (χ4v) is 1.23. The molecule has 14 heavy (non-hydrogen) atoms. The van der Waals surface area contributed by atoms with E-state index >= 15 is 0 Å². The number of aromatic nitrogens is 2. The van der Waals surface area contributed by atoms with E-state index in [4.69, 9.17) is 5.73 Å². The summed E-state index contributed by atoms with van der Waals surface area (Å²) in [5.41, 5.74) is 5.24. The Morgan fingerprint density at radius 2 is 2.36 bits per heavy atom. The second-order valence-electron chi connectivity index (χ2n) is 3.09.